The molecule has 0 unspecified atom stereocenters. The Hall–Kier alpha value is -3.56. The molecule has 160 valence electrons. The van der Waals surface area contributed by atoms with Crippen molar-refractivity contribution in [3.8, 4) is 0 Å². The molecule has 4 rings (SSSR count). The van der Waals surface area contributed by atoms with Gasteiger partial charge in [0, 0.05) is 17.9 Å². The number of morpholine rings is 1. The smallest absolute Gasteiger partial charge is 0.261 e. The molecule has 4 amide bonds. The van der Waals surface area contributed by atoms with Crippen molar-refractivity contribution in [2.45, 2.75) is 6.10 Å². The number of fused-ring (bicyclic) bond motifs is 1. The van der Waals surface area contributed by atoms with E-state index in [9.17, 15) is 24.3 Å². The molecule has 2 heterocycles. The number of aliphatic hydroxyl groups is 1. The van der Waals surface area contributed by atoms with Crippen molar-refractivity contribution in [1.82, 2.24) is 4.90 Å². The minimum atomic E-state index is -1.13. The predicted octanol–water partition coefficient (Wildman–Crippen LogP) is 0.670. The first-order valence-corrected chi connectivity index (χ1v) is 9.83. The molecule has 1 N–H and O–H groups in total. The van der Waals surface area contributed by atoms with Gasteiger partial charge in [0.1, 0.15) is 6.61 Å². The summed E-state index contributed by atoms with van der Waals surface area (Å²) in [4.78, 5) is 52.4. The highest BCUT2D eigenvalue weighted by Crippen LogP contribution is 2.24. The molecule has 9 nitrogen and oxygen atoms in total. The number of rotatable bonds is 7. The lowest BCUT2D eigenvalue weighted by Gasteiger charge is -2.28. The first-order valence-electron chi connectivity index (χ1n) is 9.83. The van der Waals surface area contributed by atoms with E-state index in [-0.39, 0.29) is 25.6 Å². The molecule has 0 bridgehead atoms. The molecule has 0 saturated carbocycles. The second kappa shape index (κ2) is 8.66. The molecule has 31 heavy (non-hydrogen) atoms. The Morgan fingerprint density at radius 2 is 1.68 bits per heavy atom. The molecule has 0 aliphatic carbocycles. The molecular formula is C22H21N3O6. The van der Waals surface area contributed by atoms with Crippen LogP contribution >= 0.6 is 0 Å². The van der Waals surface area contributed by atoms with Crippen LogP contribution in [0.4, 0.5) is 11.4 Å². The lowest BCUT2D eigenvalue weighted by Crippen LogP contribution is -2.42. The number of hydrogen-bond donors (Lipinski definition) is 1. The van der Waals surface area contributed by atoms with Crippen molar-refractivity contribution >= 4 is 35.5 Å². The third-order valence-electron chi connectivity index (χ3n) is 5.29. The summed E-state index contributed by atoms with van der Waals surface area (Å²) in [5.41, 5.74) is 1.82. The minimum Gasteiger partial charge on any atom is -0.389 e. The third-order valence-corrected chi connectivity index (χ3v) is 5.29. The zero-order valence-corrected chi connectivity index (χ0v) is 16.6. The van der Waals surface area contributed by atoms with E-state index in [4.69, 9.17) is 4.74 Å². The molecule has 2 aliphatic rings. The van der Waals surface area contributed by atoms with Gasteiger partial charge in [-0.3, -0.25) is 24.1 Å². The SMILES string of the molecule is O=CN(C[C@@H](O)CN1C(=O)c2ccccc2C1=O)c1ccc(N2CCOCC2=O)cc1. The van der Waals surface area contributed by atoms with E-state index in [0.717, 1.165) is 4.90 Å². The van der Waals surface area contributed by atoms with Crippen LogP contribution in [0.5, 0.6) is 0 Å². The fourth-order valence-electron chi connectivity index (χ4n) is 3.72. The summed E-state index contributed by atoms with van der Waals surface area (Å²) in [7, 11) is 0. The maximum Gasteiger partial charge on any atom is 0.261 e. The van der Waals surface area contributed by atoms with Crippen molar-refractivity contribution < 1.29 is 29.0 Å². The number of nitrogens with zero attached hydrogens (tertiary/aromatic N) is 3. The van der Waals surface area contributed by atoms with Crippen LogP contribution in [0.15, 0.2) is 48.5 Å². The van der Waals surface area contributed by atoms with Gasteiger partial charge in [-0.15, -0.1) is 0 Å². The van der Waals surface area contributed by atoms with Gasteiger partial charge in [-0.05, 0) is 36.4 Å². The van der Waals surface area contributed by atoms with E-state index < -0.39 is 17.9 Å². The quantitative estimate of drug-likeness (QED) is 0.518. The fraction of sp³-hybridized carbons (Fsp3) is 0.273. The molecule has 2 aromatic rings. The largest absolute Gasteiger partial charge is 0.389 e. The number of carbonyl (C=O) groups is 4. The molecule has 2 aliphatic heterocycles. The summed E-state index contributed by atoms with van der Waals surface area (Å²) < 4.78 is 5.12. The van der Waals surface area contributed by atoms with Crippen LogP contribution in [0.1, 0.15) is 20.7 Å². The number of aliphatic hydroxyl groups excluding tert-OH is 1. The van der Waals surface area contributed by atoms with Crippen molar-refractivity contribution in [3.63, 3.8) is 0 Å². The standard InChI is InChI=1S/C22H21N3O6/c26-14-23(15-5-7-16(8-6-15)24-9-10-31-13-20(24)28)11-17(27)12-25-21(29)18-3-1-2-4-19(18)22(25)30/h1-8,14,17,27H,9-13H2/t17-/m1/s1. The average Bonchev–Trinajstić information content (AvgIpc) is 3.03. The molecule has 9 heteroatoms. The molecule has 0 radical (unpaired) electrons. The second-order valence-electron chi connectivity index (χ2n) is 7.29. The lowest BCUT2D eigenvalue weighted by atomic mass is 10.1. The van der Waals surface area contributed by atoms with Crippen LogP contribution in [0.25, 0.3) is 0 Å². The van der Waals surface area contributed by atoms with Crippen LogP contribution < -0.4 is 9.80 Å². The van der Waals surface area contributed by atoms with Gasteiger partial charge in [0.2, 0.25) is 6.41 Å². The minimum absolute atomic E-state index is 0.0339. The van der Waals surface area contributed by atoms with Gasteiger partial charge >= 0.3 is 0 Å². The summed E-state index contributed by atoms with van der Waals surface area (Å²) in [5, 5.41) is 10.5. The van der Waals surface area contributed by atoms with E-state index in [1.807, 2.05) is 0 Å². The first-order chi connectivity index (χ1) is 15.0. The molecular weight excluding hydrogens is 402 g/mol. The number of amides is 4. The van der Waals surface area contributed by atoms with Crippen molar-refractivity contribution in [2.24, 2.45) is 0 Å². The Kier molecular flexibility index (Phi) is 5.79. The maximum absolute atomic E-state index is 12.5. The second-order valence-corrected chi connectivity index (χ2v) is 7.29. The van der Waals surface area contributed by atoms with Gasteiger partial charge in [0.15, 0.2) is 0 Å². The molecule has 2 aromatic carbocycles. The van der Waals surface area contributed by atoms with E-state index in [1.54, 1.807) is 53.4 Å². The Morgan fingerprint density at radius 3 is 2.26 bits per heavy atom. The zero-order chi connectivity index (χ0) is 22.0. The Labute approximate surface area is 178 Å². The van der Waals surface area contributed by atoms with E-state index in [0.29, 0.717) is 42.1 Å². The van der Waals surface area contributed by atoms with Crippen molar-refractivity contribution in [2.75, 3.05) is 42.6 Å². The van der Waals surface area contributed by atoms with Gasteiger partial charge < -0.3 is 19.6 Å². The Morgan fingerprint density at radius 1 is 1.03 bits per heavy atom. The summed E-state index contributed by atoms with van der Waals surface area (Å²) in [6.07, 6.45) is -0.562. The summed E-state index contributed by atoms with van der Waals surface area (Å²) in [6, 6.07) is 13.2. The summed E-state index contributed by atoms with van der Waals surface area (Å²) in [5.74, 6) is -1.06. The lowest BCUT2D eigenvalue weighted by molar-refractivity contribution is -0.125. The molecule has 0 aromatic heterocycles. The van der Waals surface area contributed by atoms with E-state index >= 15 is 0 Å². The van der Waals surface area contributed by atoms with E-state index in [2.05, 4.69) is 0 Å². The van der Waals surface area contributed by atoms with Crippen molar-refractivity contribution in [1.29, 1.82) is 0 Å². The molecule has 0 spiro atoms. The third kappa shape index (κ3) is 4.05. The fourth-order valence-corrected chi connectivity index (χ4v) is 3.72. The number of imide groups is 1. The van der Waals surface area contributed by atoms with Gasteiger partial charge in [-0.25, -0.2) is 0 Å². The Balaban J connectivity index is 1.41. The number of anilines is 2. The number of β-amino-alcohol motifs (C(OH)–C–C–N with tert-alkyl or cyclic N) is 1. The highest BCUT2D eigenvalue weighted by Gasteiger charge is 2.36. The van der Waals surface area contributed by atoms with E-state index in [1.165, 1.54) is 4.90 Å². The first kappa shape index (κ1) is 20.7. The number of benzene rings is 2. The van der Waals surface area contributed by atoms with Crippen LogP contribution in [-0.2, 0) is 14.3 Å². The summed E-state index contributed by atoms with van der Waals surface area (Å²) >= 11 is 0. The van der Waals surface area contributed by atoms with Crippen LogP contribution in [0, 0.1) is 0 Å². The monoisotopic (exact) mass is 423 g/mol. The highest BCUT2D eigenvalue weighted by molar-refractivity contribution is 6.21. The molecule has 1 fully saturated rings. The predicted molar refractivity (Wildman–Crippen MR) is 111 cm³/mol. The van der Waals surface area contributed by atoms with Gasteiger partial charge in [-0.1, -0.05) is 12.1 Å². The van der Waals surface area contributed by atoms with Crippen LogP contribution in [0.2, 0.25) is 0 Å². The molecule has 1 saturated heterocycles. The normalized spacial score (nSPS) is 17.0. The summed E-state index contributed by atoms with van der Waals surface area (Å²) in [6.45, 7) is 0.614. The van der Waals surface area contributed by atoms with Crippen LogP contribution in [0.3, 0.4) is 0 Å². The number of carbonyl (C=O) groups excluding carboxylic acids is 4. The maximum atomic E-state index is 12.5. The van der Waals surface area contributed by atoms with Gasteiger partial charge in [0.05, 0.1) is 36.9 Å². The molecule has 1 atom stereocenters. The topological polar surface area (TPSA) is 107 Å². The van der Waals surface area contributed by atoms with Crippen LogP contribution in [-0.4, -0.2) is 73.1 Å². The Bertz CT molecular complexity index is 987. The highest BCUT2D eigenvalue weighted by atomic mass is 16.5. The zero-order valence-electron chi connectivity index (χ0n) is 16.6. The van der Waals surface area contributed by atoms with Crippen molar-refractivity contribution in [3.05, 3.63) is 59.7 Å². The average molecular weight is 423 g/mol. The van der Waals surface area contributed by atoms with Gasteiger partial charge in [0.25, 0.3) is 17.7 Å². The number of ether oxygens (including phenoxy) is 1. The number of hydrogen-bond acceptors (Lipinski definition) is 6. The van der Waals surface area contributed by atoms with Gasteiger partial charge in [-0.2, -0.15) is 0 Å².